The molecule has 0 saturated heterocycles. The maximum Gasteiger partial charge on any atom is 1.00 e. The third kappa shape index (κ3) is 13.1. The van der Waals surface area contributed by atoms with Gasteiger partial charge in [-0.05, 0) is 6.42 Å². The van der Waals surface area contributed by atoms with Gasteiger partial charge in [-0.25, -0.2) is 0 Å². The molecule has 0 aliphatic rings. The first-order valence-corrected chi connectivity index (χ1v) is 4.80. The van der Waals surface area contributed by atoms with Gasteiger partial charge in [0, 0.05) is 5.33 Å². The second kappa shape index (κ2) is 6.72. The summed E-state index contributed by atoms with van der Waals surface area (Å²) in [5.74, 6) is -0.155. The Hall–Kier alpha value is 2.03. The van der Waals surface area contributed by atoms with Crippen LogP contribution in [-0.2, 0) is 10.1 Å². The molecule has 0 spiro atoms. The van der Waals surface area contributed by atoms with E-state index >= 15 is 0 Å². The Bertz CT molecular complexity index is 148. The topological polar surface area (TPSA) is 54.4 Å². The van der Waals surface area contributed by atoms with Crippen LogP contribution in [0.5, 0.6) is 0 Å². The van der Waals surface area contributed by atoms with Crippen molar-refractivity contribution in [2.24, 2.45) is 0 Å². The maximum atomic E-state index is 9.92. The molecular weight excluding hydrogens is 235 g/mol. The zero-order chi connectivity index (χ0) is 6.62. The van der Waals surface area contributed by atoms with Crippen molar-refractivity contribution in [3.8, 4) is 0 Å². The summed E-state index contributed by atoms with van der Waals surface area (Å²) in [4.78, 5) is 0. The summed E-state index contributed by atoms with van der Waals surface area (Å²) in [7, 11) is -3.72. The molecule has 52 valence electrons. The molecule has 6 heteroatoms. The van der Waals surface area contributed by atoms with Crippen LogP contribution < -0.4 is 51.4 Å². The second-order valence-electron chi connectivity index (χ2n) is 1.33. The monoisotopic (exact) mass is 242 g/mol. The normalized spacial score (nSPS) is 10.4. The molecule has 0 bridgehead atoms. The minimum Gasteiger partial charge on any atom is -1.00 e. The standard InChI is InChI=1S/C3H7BrO3S.K.H/c4-2-1-3-8(5,6)7;;/h1-3H2,(H,5,6,7);;/q;+1;-1. The van der Waals surface area contributed by atoms with Gasteiger partial charge >= 0.3 is 51.4 Å². The van der Waals surface area contributed by atoms with Gasteiger partial charge in [0.25, 0.3) is 10.1 Å². The van der Waals surface area contributed by atoms with Crippen molar-refractivity contribution in [1.29, 1.82) is 0 Å². The van der Waals surface area contributed by atoms with Crippen molar-refractivity contribution < 1.29 is 65.8 Å². The average molecular weight is 243 g/mol. The largest absolute Gasteiger partial charge is 1.00 e. The number of halogens is 1. The van der Waals surface area contributed by atoms with Crippen LogP contribution in [0.15, 0.2) is 0 Å². The molecule has 3 nitrogen and oxygen atoms in total. The van der Waals surface area contributed by atoms with Crippen LogP contribution in [0.3, 0.4) is 0 Å². The van der Waals surface area contributed by atoms with E-state index in [1.54, 1.807) is 0 Å². The molecule has 0 unspecified atom stereocenters. The molecule has 1 N–H and O–H groups in total. The van der Waals surface area contributed by atoms with Crippen LogP contribution in [0.25, 0.3) is 0 Å². The molecule has 9 heavy (non-hydrogen) atoms. The summed E-state index contributed by atoms with van der Waals surface area (Å²) in [6.45, 7) is 0. The van der Waals surface area contributed by atoms with Crippen molar-refractivity contribution in [2.75, 3.05) is 11.1 Å². The second-order valence-corrected chi connectivity index (χ2v) is 3.69. The minimum atomic E-state index is -3.72. The van der Waals surface area contributed by atoms with Gasteiger partial charge in [-0.2, -0.15) is 8.42 Å². The average Bonchev–Trinajstić information content (AvgIpc) is 1.59. The van der Waals surface area contributed by atoms with E-state index in [0.29, 0.717) is 11.8 Å². The predicted octanol–water partition coefficient (Wildman–Crippen LogP) is -2.22. The number of alkyl halides is 1. The van der Waals surface area contributed by atoms with Gasteiger partial charge in [0.05, 0.1) is 5.75 Å². The quantitative estimate of drug-likeness (QED) is 0.347. The van der Waals surface area contributed by atoms with Crippen LogP contribution in [0.1, 0.15) is 7.85 Å². The van der Waals surface area contributed by atoms with Gasteiger partial charge in [0.15, 0.2) is 0 Å². The van der Waals surface area contributed by atoms with Crippen LogP contribution in [0.4, 0.5) is 0 Å². The van der Waals surface area contributed by atoms with E-state index in [-0.39, 0.29) is 58.6 Å². The SMILES string of the molecule is O=S(=O)(O)CCCBr.[H-].[K+]. The maximum absolute atomic E-state index is 9.92. The van der Waals surface area contributed by atoms with Crippen LogP contribution in [0.2, 0.25) is 0 Å². The van der Waals surface area contributed by atoms with Crippen LogP contribution in [-0.4, -0.2) is 24.1 Å². The van der Waals surface area contributed by atoms with Crippen LogP contribution in [0, 0.1) is 0 Å². The number of hydrogen-bond donors (Lipinski definition) is 1. The molecule has 0 rings (SSSR count). The molecule has 0 aromatic heterocycles. The first-order valence-electron chi connectivity index (χ1n) is 2.07. The molecule has 0 fully saturated rings. The number of hydrogen-bond acceptors (Lipinski definition) is 2. The summed E-state index contributed by atoms with van der Waals surface area (Å²) in [6, 6.07) is 0. The Balaban J connectivity index is -0.000000245. The van der Waals surface area contributed by atoms with Crippen LogP contribution >= 0.6 is 15.9 Å². The van der Waals surface area contributed by atoms with Crippen molar-refractivity contribution in [1.82, 2.24) is 0 Å². The molecule has 0 saturated carbocycles. The van der Waals surface area contributed by atoms with E-state index in [1.807, 2.05) is 0 Å². The first kappa shape index (κ1) is 13.6. The fourth-order valence-electron chi connectivity index (χ4n) is 0.237. The third-order valence-corrected chi connectivity index (χ3v) is 1.90. The third-order valence-electron chi connectivity index (χ3n) is 0.536. The molecule has 0 amide bonds. The van der Waals surface area contributed by atoms with Gasteiger partial charge < -0.3 is 1.43 Å². The van der Waals surface area contributed by atoms with E-state index in [4.69, 9.17) is 4.55 Å². The molecule has 0 aliphatic carbocycles. The molecule has 0 aromatic rings. The van der Waals surface area contributed by atoms with Crippen molar-refractivity contribution in [3.05, 3.63) is 0 Å². The molecule has 0 heterocycles. The van der Waals surface area contributed by atoms with Crippen molar-refractivity contribution in [3.63, 3.8) is 0 Å². The Morgan fingerprint density at radius 3 is 2.11 bits per heavy atom. The predicted molar refractivity (Wildman–Crippen MR) is 35.9 cm³/mol. The summed E-state index contributed by atoms with van der Waals surface area (Å²) >= 11 is 3.03. The van der Waals surface area contributed by atoms with Crippen molar-refractivity contribution >= 4 is 26.0 Å². The van der Waals surface area contributed by atoms with E-state index in [1.165, 1.54) is 0 Å². The smallest absolute Gasteiger partial charge is 1.00 e. The van der Waals surface area contributed by atoms with Gasteiger partial charge in [0.1, 0.15) is 0 Å². The van der Waals surface area contributed by atoms with Gasteiger partial charge in [-0.1, -0.05) is 15.9 Å². The number of rotatable bonds is 3. The van der Waals surface area contributed by atoms with Crippen molar-refractivity contribution in [2.45, 2.75) is 6.42 Å². The van der Waals surface area contributed by atoms with Gasteiger partial charge in [-0.3, -0.25) is 4.55 Å². The summed E-state index contributed by atoms with van der Waals surface area (Å²) in [6.07, 6.45) is 0.457. The van der Waals surface area contributed by atoms with E-state index in [0.717, 1.165) is 0 Å². The molecule has 0 atom stereocenters. The van der Waals surface area contributed by atoms with E-state index in [9.17, 15) is 8.42 Å². The van der Waals surface area contributed by atoms with Gasteiger partial charge in [0.2, 0.25) is 0 Å². The van der Waals surface area contributed by atoms with E-state index in [2.05, 4.69) is 15.9 Å². The fourth-order valence-corrected chi connectivity index (χ4v) is 1.40. The minimum absolute atomic E-state index is 0. The fraction of sp³-hybridized carbons (Fsp3) is 1.00. The molecule has 0 aromatic carbocycles. The zero-order valence-corrected chi connectivity index (χ0v) is 10.7. The molecular formula is C3H8BrKO3S. The Morgan fingerprint density at radius 2 is 2.00 bits per heavy atom. The van der Waals surface area contributed by atoms with E-state index < -0.39 is 10.1 Å². The Kier molecular flexibility index (Phi) is 10.2. The first-order chi connectivity index (χ1) is 3.56. The summed E-state index contributed by atoms with van der Waals surface area (Å²) in [5.41, 5.74) is 0. The summed E-state index contributed by atoms with van der Waals surface area (Å²) in [5, 5.41) is 0.604. The Morgan fingerprint density at radius 1 is 1.56 bits per heavy atom. The molecule has 0 radical (unpaired) electrons. The zero-order valence-electron chi connectivity index (χ0n) is 6.17. The Labute approximate surface area is 107 Å². The van der Waals surface area contributed by atoms with Gasteiger partial charge in [-0.15, -0.1) is 0 Å². The molecule has 0 aliphatic heterocycles. The summed E-state index contributed by atoms with van der Waals surface area (Å²) < 4.78 is 27.9.